The Morgan fingerprint density at radius 3 is 1.59 bits per heavy atom. The highest BCUT2D eigenvalue weighted by atomic mass is 15.4. The maximum Gasteiger partial charge on any atom is 0.0716 e. The summed E-state index contributed by atoms with van der Waals surface area (Å²) < 4.78 is 2.20. The second-order valence-corrected chi connectivity index (χ2v) is 11.4. The Labute approximate surface area is 254 Å². The van der Waals surface area contributed by atoms with E-state index in [0.717, 1.165) is 44.0 Å². The number of hydrogen-bond donors (Lipinski definition) is 2. The zero-order valence-corrected chi connectivity index (χ0v) is 23.9. The molecular formula is C41H27N3. The molecule has 0 radical (unpaired) electrons. The van der Waals surface area contributed by atoms with Crippen molar-refractivity contribution in [1.82, 2.24) is 4.68 Å². The number of nitrogens with zero attached hydrogens (tertiary/aromatic N) is 1. The average Bonchev–Trinajstić information content (AvgIpc) is 3.42. The van der Waals surface area contributed by atoms with E-state index in [1.54, 1.807) is 0 Å². The summed E-state index contributed by atoms with van der Waals surface area (Å²) in [7, 11) is 0. The van der Waals surface area contributed by atoms with E-state index in [1.165, 1.54) is 37.7 Å². The van der Waals surface area contributed by atoms with Gasteiger partial charge in [0.25, 0.3) is 0 Å². The van der Waals surface area contributed by atoms with Gasteiger partial charge in [-0.05, 0) is 67.4 Å². The van der Waals surface area contributed by atoms with Crippen LogP contribution in [-0.2, 0) is 0 Å². The molecule has 8 aromatic carbocycles. The lowest BCUT2D eigenvalue weighted by atomic mass is 9.92. The number of aromatic nitrogens is 1. The molecule has 0 fully saturated rings. The first-order chi connectivity index (χ1) is 21.8. The summed E-state index contributed by atoms with van der Waals surface area (Å²) in [6.07, 6.45) is 0. The number of fused-ring (bicyclic) bond motifs is 10. The second-order valence-electron chi connectivity index (χ2n) is 11.4. The zero-order valence-electron chi connectivity index (χ0n) is 23.9. The van der Waals surface area contributed by atoms with Crippen molar-refractivity contribution in [3.63, 3.8) is 0 Å². The first kappa shape index (κ1) is 24.6. The molecular weight excluding hydrogens is 534 g/mol. The lowest BCUT2D eigenvalue weighted by molar-refractivity contribution is 1.06. The predicted molar refractivity (Wildman–Crippen MR) is 187 cm³/mol. The molecule has 0 aliphatic rings. The fourth-order valence-corrected chi connectivity index (χ4v) is 6.99. The summed E-state index contributed by atoms with van der Waals surface area (Å²) in [6.45, 7) is 0. The number of para-hydroxylation sites is 1. The molecule has 0 spiro atoms. The first-order valence-electron chi connectivity index (χ1n) is 15.0. The van der Waals surface area contributed by atoms with Crippen LogP contribution >= 0.6 is 0 Å². The van der Waals surface area contributed by atoms with Gasteiger partial charge >= 0.3 is 0 Å². The molecule has 3 nitrogen and oxygen atoms in total. The minimum absolute atomic E-state index is 0.492. The summed E-state index contributed by atoms with van der Waals surface area (Å²) in [5, 5.41) is 21.5. The summed E-state index contributed by atoms with van der Waals surface area (Å²) in [5.74, 6) is 0. The van der Waals surface area contributed by atoms with Crippen LogP contribution in [0.15, 0.2) is 152 Å². The van der Waals surface area contributed by atoms with Crippen molar-refractivity contribution in [2.24, 2.45) is 0 Å². The minimum atomic E-state index is 0.492. The Kier molecular flexibility index (Phi) is 5.35. The van der Waals surface area contributed by atoms with Crippen LogP contribution in [0, 0.1) is 5.41 Å². The van der Waals surface area contributed by atoms with Crippen molar-refractivity contribution in [2.75, 3.05) is 5.43 Å². The lowest BCUT2D eigenvalue weighted by Gasteiger charge is -2.17. The summed E-state index contributed by atoms with van der Waals surface area (Å²) >= 11 is 0. The maximum atomic E-state index is 9.59. The molecule has 2 N–H and O–H groups in total. The highest BCUT2D eigenvalue weighted by Crippen LogP contribution is 2.39. The van der Waals surface area contributed by atoms with Gasteiger partial charge in [-0.25, -0.2) is 0 Å². The van der Waals surface area contributed by atoms with Crippen LogP contribution in [0.25, 0.3) is 64.9 Å². The van der Waals surface area contributed by atoms with Crippen molar-refractivity contribution < 1.29 is 0 Å². The van der Waals surface area contributed by atoms with Crippen molar-refractivity contribution in [2.45, 2.75) is 0 Å². The molecule has 9 aromatic rings. The maximum absolute atomic E-state index is 9.59. The van der Waals surface area contributed by atoms with Gasteiger partial charge in [-0.2, -0.15) is 0 Å². The molecule has 1 aromatic heterocycles. The number of nitrogens with one attached hydrogen (secondary N) is 2. The third kappa shape index (κ3) is 3.60. The van der Waals surface area contributed by atoms with E-state index in [1.807, 2.05) is 18.2 Å². The third-order valence-corrected chi connectivity index (χ3v) is 9.01. The monoisotopic (exact) mass is 561 g/mol. The van der Waals surface area contributed by atoms with E-state index in [2.05, 4.69) is 144 Å². The number of rotatable bonds is 4. The molecule has 0 atom stereocenters. The van der Waals surface area contributed by atoms with Crippen molar-refractivity contribution in [3.8, 4) is 0 Å². The van der Waals surface area contributed by atoms with Gasteiger partial charge in [0.05, 0.1) is 22.4 Å². The zero-order chi connectivity index (χ0) is 29.2. The van der Waals surface area contributed by atoms with Gasteiger partial charge < -0.3 is 0 Å². The summed E-state index contributed by atoms with van der Waals surface area (Å²) in [4.78, 5) is 0. The van der Waals surface area contributed by atoms with E-state index >= 15 is 0 Å². The normalized spacial score (nSPS) is 11.7. The van der Waals surface area contributed by atoms with Crippen LogP contribution in [-0.4, -0.2) is 10.4 Å². The quantitative estimate of drug-likeness (QED) is 0.163. The van der Waals surface area contributed by atoms with Gasteiger partial charge in [-0.1, -0.05) is 127 Å². The molecule has 0 saturated carbocycles. The molecule has 0 aliphatic carbocycles. The van der Waals surface area contributed by atoms with E-state index in [-0.39, 0.29) is 0 Å². The summed E-state index contributed by atoms with van der Waals surface area (Å²) in [6, 6.07) is 53.3. The molecule has 0 aliphatic heterocycles. The number of benzene rings is 8. The Hall–Kier alpha value is -5.93. The molecule has 0 unspecified atom stereocenters. The molecule has 0 amide bonds. The highest BCUT2D eigenvalue weighted by molar-refractivity contribution is 6.28. The molecule has 0 saturated heterocycles. The van der Waals surface area contributed by atoms with Gasteiger partial charge in [0.15, 0.2) is 0 Å². The average molecular weight is 562 g/mol. The minimum Gasteiger partial charge on any atom is -0.300 e. The molecule has 206 valence electrons. The van der Waals surface area contributed by atoms with Gasteiger partial charge in [0, 0.05) is 21.9 Å². The van der Waals surface area contributed by atoms with Crippen LogP contribution in [0.1, 0.15) is 11.1 Å². The van der Waals surface area contributed by atoms with Gasteiger partial charge in [-0.3, -0.25) is 15.5 Å². The van der Waals surface area contributed by atoms with E-state index in [9.17, 15) is 5.41 Å². The smallest absolute Gasteiger partial charge is 0.0716 e. The Balaban J connectivity index is 1.28. The topological polar surface area (TPSA) is 40.8 Å². The van der Waals surface area contributed by atoms with Gasteiger partial charge in [0.2, 0.25) is 0 Å². The Morgan fingerprint density at radius 1 is 0.432 bits per heavy atom. The molecule has 9 rings (SSSR count). The fourth-order valence-electron chi connectivity index (χ4n) is 6.99. The molecule has 3 heteroatoms. The fraction of sp³-hybridized carbons (Fsp3) is 0. The first-order valence-corrected chi connectivity index (χ1v) is 15.0. The number of hydrogen-bond acceptors (Lipinski definition) is 2. The second kappa shape index (κ2) is 9.55. The standard InChI is InChI=1S/C41H27N3/c42-41(35-25-28-13-3-4-14-29(28)32-17-7-8-18-33(32)35)34-19-9-10-20-36(34)43-44-37-23-21-26-11-1-5-15-30(26)39(37)40-31-16-6-2-12-27(31)22-24-38(40)44/h1-25,42-43H. The number of anilines is 1. The van der Waals surface area contributed by atoms with Crippen LogP contribution in [0.3, 0.4) is 0 Å². The molecule has 44 heavy (non-hydrogen) atoms. The van der Waals surface area contributed by atoms with Crippen molar-refractivity contribution in [1.29, 1.82) is 5.41 Å². The molecule has 1 heterocycles. The Morgan fingerprint density at radius 2 is 0.932 bits per heavy atom. The third-order valence-electron chi connectivity index (χ3n) is 9.01. The lowest BCUT2D eigenvalue weighted by Crippen LogP contribution is -2.13. The van der Waals surface area contributed by atoms with E-state index in [4.69, 9.17) is 0 Å². The van der Waals surface area contributed by atoms with Crippen LogP contribution in [0.4, 0.5) is 5.69 Å². The SMILES string of the molecule is N=C(c1ccccc1Nn1c2ccc3ccccc3c2c2c3ccccc3ccc21)c1cc2ccccc2c2ccccc12. The van der Waals surface area contributed by atoms with Crippen LogP contribution < -0.4 is 5.43 Å². The summed E-state index contributed by atoms with van der Waals surface area (Å²) in [5.41, 5.74) is 9.14. The van der Waals surface area contributed by atoms with Crippen LogP contribution in [0.5, 0.6) is 0 Å². The largest absolute Gasteiger partial charge is 0.300 e. The van der Waals surface area contributed by atoms with Crippen LogP contribution in [0.2, 0.25) is 0 Å². The van der Waals surface area contributed by atoms with Gasteiger partial charge in [-0.15, -0.1) is 0 Å². The Bertz CT molecular complexity index is 2510. The molecule has 0 bridgehead atoms. The van der Waals surface area contributed by atoms with Gasteiger partial charge in [0.1, 0.15) is 0 Å². The van der Waals surface area contributed by atoms with Crippen molar-refractivity contribution in [3.05, 3.63) is 163 Å². The van der Waals surface area contributed by atoms with Crippen molar-refractivity contribution >= 4 is 76.3 Å². The van der Waals surface area contributed by atoms with E-state index in [0.29, 0.717) is 5.71 Å². The highest BCUT2D eigenvalue weighted by Gasteiger charge is 2.19. The van der Waals surface area contributed by atoms with E-state index < -0.39 is 0 Å². The predicted octanol–water partition coefficient (Wildman–Crippen LogP) is 10.7.